The molecule has 0 aliphatic heterocycles. The van der Waals surface area contributed by atoms with E-state index in [1.165, 1.54) is 0 Å². The van der Waals surface area contributed by atoms with Crippen molar-refractivity contribution in [3.05, 3.63) is 29.6 Å². The Kier molecular flexibility index (Phi) is 3.54. The van der Waals surface area contributed by atoms with E-state index in [0.29, 0.717) is 12.1 Å². The Bertz CT molecular complexity index is 382. The number of halogens is 3. The smallest absolute Gasteiger partial charge is 0.325 e. The molecule has 0 spiro atoms. The summed E-state index contributed by atoms with van der Waals surface area (Å²) in [5, 5.41) is 2.28. The molecule has 0 aromatic heterocycles. The van der Waals surface area contributed by atoms with Crippen molar-refractivity contribution >= 4 is 11.7 Å². The van der Waals surface area contributed by atoms with E-state index in [4.69, 9.17) is 0 Å². The fourth-order valence-corrected chi connectivity index (χ4v) is 0.898. The maximum Gasteiger partial charge on any atom is 0.325 e. The molecule has 0 amide bonds. The average molecular weight is 219 g/mol. The van der Waals surface area contributed by atoms with E-state index in [-0.39, 0.29) is 12.2 Å². The van der Waals surface area contributed by atoms with Crippen LogP contribution < -0.4 is 5.32 Å². The molecule has 0 saturated heterocycles. The van der Waals surface area contributed by atoms with Crippen molar-refractivity contribution < 1.29 is 22.7 Å². The maximum atomic E-state index is 13.0. The average Bonchev–Trinajstić information content (AvgIpc) is 2.21. The second-order valence-corrected chi connectivity index (χ2v) is 2.68. The first kappa shape index (κ1) is 11.4. The van der Waals surface area contributed by atoms with E-state index in [1.54, 1.807) is 0 Å². The lowest BCUT2D eigenvalue weighted by Crippen LogP contribution is -2.16. The summed E-state index contributed by atoms with van der Waals surface area (Å²) >= 11 is 0. The summed E-state index contributed by atoms with van der Waals surface area (Å²) in [5.41, 5.74) is -0.292. The fourth-order valence-electron chi connectivity index (χ4n) is 0.898. The lowest BCUT2D eigenvalue weighted by Gasteiger charge is -2.06. The summed E-state index contributed by atoms with van der Waals surface area (Å²) in [6.45, 7) is -0.321. The van der Waals surface area contributed by atoms with Gasteiger partial charge >= 0.3 is 5.97 Å². The van der Waals surface area contributed by atoms with Crippen molar-refractivity contribution in [3.8, 4) is 0 Å². The third-order valence-electron chi connectivity index (χ3n) is 1.66. The molecule has 0 heterocycles. The summed E-state index contributed by atoms with van der Waals surface area (Å²) in [5.74, 6) is -4.09. The van der Waals surface area contributed by atoms with Gasteiger partial charge in [0.05, 0.1) is 12.8 Å². The van der Waals surface area contributed by atoms with Crippen LogP contribution in [0, 0.1) is 17.5 Å². The molecule has 6 heteroatoms. The number of benzene rings is 1. The van der Waals surface area contributed by atoms with Crippen LogP contribution in [0.3, 0.4) is 0 Å². The van der Waals surface area contributed by atoms with E-state index < -0.39 is 23.4 Å². The summed E-state index contributed by atoms with van der Waals surface area (Å²) in [6.07, 6.45) is 0. The fraction of sp³-hybridized carbons (Fsp3) is 0.222. The number of esters is 1. The van der Waals surface area contributed by atoms with Crippen LogP contribution in [0.5, 0.6) is 0 Å². The molecule has 15 heavy (non-hydrogen) atoms. The second kappa shape index (κ2) is 4.68. The Morgan fingerprint density at radius 1 is 1.27 bits per heavy atom. The minimum atomic E-state index is -1.28. The topological polar surface area (TPSA) is 38.3 Å². The van der Waals surface area contributed by atoms with Gasteiger partial charge in [0.25, 0.3) is 0 Å². The largest absolute Gasteiger partial charge is 0.468 e. The zero-order valence-corrected chi connectivity index (χ0v) is 7.81. The van der Waals surface area contributed by atoms with Gasteiger partial charge in [-0.15, -0.1) is 0 Å². The first-order valence-electron chi connectivity index (χ1n) is 4.00. The van der Waals surface area contributed by atoms with Gasteiger partial charge in [0.2, 0.25) is 0 Å². The van der Waals surface area contributed by atoms with Crippen LogP contribution in [-0.4, -0.2) is 19.6 Å². The highest BCUT2D eigenvalue weighted by Crippen LogP contribution is 2.17. The van der Waals surface area contributed by atoms with Gasteiger partial charge in [-0.3, -0.25) is 4.79 Å². The standard InChI is InChI=1S/C9H8F3NO2/c1-15-9(14)4-13-8-3-6(11)5(10)2-7(8)12/h2-3,13H,4H2,1H3. The van der Waals surface area contributed by atoms with Gasteiger partial charge in [-0.05, 0) is 0 Å². The van der Waals surface area contributed by atoms with Crippen LogP contribution in [0.1, 0.15) is 0 Å². The Morgan fingerprint density at radius 3 is 2.47 bits per heavy atom. The van der Waals surface area contributed by atoms with E-state index in [0.717, 1.165) is 7.11 Å². The van der Waals surface area contributed by atoms with Gasteiger partial charge in [0, 0.05) is 12.1 Å². The lowest BCUT2D eigenvalue weighted by atomic mass is 10.3. The molecule has 1 aromatic rings. The third-order valence-corrected chi connectivity index (χ3v) is 1.66. The van der Waals surface area contributed by atoms with Crippen LogP contribution in [0.25, 0.3) is 0 Å². The van der Waals surface area contributed by atoms with Gasteiger partial charge in [-0.25, -0.2) is 13.2 Å². The second-order valence-electron chi connectivity index (χ2n) is 2.68. The van der Waals surface area contributed by atoms with Gasteiger partial charge in [-0.2, -0.15) is 0 Å². The van der Waals surface area contributed by atoms with E-state index >= 15 is 0 Å². The highest BCUT2D eigenvalue weighted by molar-refractivity contribution is 5.74. The number of rotatable bonds is 3. The normalized spacial score (nSPS) is 9.87. The molecule has 0 unspecified atom stereocenters. The Hall–Kier alpha value is -1.72. The molecule has 0 atom stereocenters. The van der Waals surface area contributed by atoms with Gasteiger partial charge in [0.15, 0.2) is 11.6 Å². The number of carbonyl (C=O) groups is 1. The Morgan fingerprint density at radius 2 is 1.87 bits per heavy atom. The van der Waals surface area contributed by atoms with Crippen molar-refractivity contribution in [2.45, 2.75) is 0 Å². The highest BCUT2D eigenvalue weighted by atomic mass is 19.2. The van der Waals surface area contributed by atoms with Crippen molar-refractivity contribution in [1.82, 2.24) is 0 Å². The van der Waals surface area contributed by atoms with E-state index in [2.05, 4.69) is 10.1 Å². The first-order valence-corrected chi connectivity index (χ1v) is 4.00. The van der Waals surface area contributed by atoms with Crippen LogP contribution in [0.4, 0.5) is 18.9 Å². The maximum absolute atomic E-state index is 13.0. The van der Waals surface area contributed by atoms with E-state index in [1.807, 2.05) is 0 Å². The monoisotopic (exact) mass is 219 g/mol. The number of nitrogens with one attached hydrogen (secondary N) is 1. The predicted molar refractivity (Wildman–Crippen MR) is 46.8 cm³/mol. The minimum Gasteiger partial charge on any atom is -0.468 e. The SMILES string of the molecule is COC(=O)CNc1cc(F)c(F)cc1F. The number of methoxy groups -OCH3 is 1. The number of ether oxygens (including phenoxy) is 1. The van der Waals surface area contributed by atoms with Crippen molar-refractivity contribution in [2.24, 2.45) is 0 Å². The van der Waals surface area contributed by atoms with Crippen LogP contribution >= 0.6 is 0 Å². The summed E-state index contributed by atoms with van der Waals surface area (Å²) in [7, 11) is 1.16. The van der Waals surface area contributed by atoms with E-state index in [9.17, 15) is 18.0 Å². The molecular weight excluding hydrogens is 211 g/mol. The third kappa shape index (κ3) is 2.87. The summed E-state index contributed by atoms with van der Waals surface area (Å²) in [6, 6.07) is 1.03. The highest BCUT2D eigenvalue weighted by Gasteiger charge is 2.10. The van der Waals surface area contributed by atoms with Crippen molar-refractivity contribution in [2.75, 3.05) is 19.0 Å². The Balaban J connectivity index is 2.77. The Labute approximate surface area is 83.8 Å². The zero-order valence-electron chi connectivity index (χ0n) is 7.81. The molecule has 0 fully saturated rings. The minimum absolute atomic E-state index is 0.292. The molecule has 1 N–H and O–H groups in total. The first-order chi connectivity index (χ1) is 7.04. The lowest BCUT2D eigenvalue weighted by molar-refractivity contribution is -0.138. The molecule has 1 aromatic carbocycles. The number of hydrogen-bond acceptors (Lipinski definition) is 3. The molecule has 0 aliphatic rings. The molecule has 1 rings (SSSR count). The van der Waals surface area contributed by atoms with Gasteiger partial charge < -0.3 is 10.1 Å². The summed E-state index contributed by atoms with van der Waals surface area (Å²) < 4.78 is 42.4. The molecule has 0 saturated carbocycles. The molecule has 0 aliphatic carbocycles. The summed E-state index contributed by atoms with van der Waals surface area (Å²) in [4.78, 5) is 10.7. The van der Waals surface area contributed by atoms with Crippen LogP contribution in [0.2, 0.25) is 0 Å². The molecule has 82 valence electrons. The number of carbonyl (C=O) groups excluding carboxylic acids is 1. The van der Waals surface area contributed by atoms with Gasteiger partial charge in [-0.1, -0.05) is 0 Å². The van der Waals surface area contributed by atoms with Crippen LogP contribution in [-0.2, 0) is 9.53 Å². The zero-order chi connectivity index (χ0) is 11.4. The molecule has 3 nitrogen and oxygen atoms in total. The quantitative estimate of drug-likeness (QED) is 0.621. The van der Waals surface area contributed by atoms with Gasteiger partial charge in [0.1, 0.15) is 12.4 Å². The molecule has 0 bridgehead atoms. The molecule has 0 radical (unpaired) electrons. The van der Waals surface area contributed by atoms with Crippen molar-refractivity contribution in [3.63, 3.8) is 0 Å². The number of anilines is 1. The van der Waals surface area contributed by atoms with Crippen molar-refractivity contribution in [1.29, 1.82) is 0 Å². The predicted octanol–water partition coefficient (Wildman–Crippen LogP) is 1.69. The van der Waals surface area contributed by atoms with Crippen LogP contribution in [0.15, 0.2) is 12.1 Å². The number of hydrogen-bond donors (Lipinski definition) is 1. The molecular formula is C9H8F3NO2.